The van der Waals surface area contributed by atoms with Crippen LogP contribution in [0.2, 0.25) is 0 Å². The van der Waals surface area contributed by atoms with Gasteiger partial charge in [-0.3, -0.25) is 5.32 Å². The molecule has 1 aliphatic rings. The number of guanidine groups is 2. The van der Waals surface area contributed by atoms with Gasteiger partial charge in [-0.15, -0.1) is 0 Å². The summed E-state index contributed by atoms with van der Waals surface area (Å²) in [5, 5.41) is 24.4. The first kappa shape index (κ1) is 12.0. The predicted molar refractivity (Wildman–Crippen MR) is 68.5 cm³/mol. The smallest absolute Gasteiger partial charge is 0.200 e. The summed E-state index contributed by atoms with van der Waals surface area (Å²) >= 11 is 0. The molecule has 7 nitrogen and oxygen atoms in total. The van der Waals surface area contributed by atoms with Gasteiger partial charge in [0.1, 0.15) is 6.67 Å². The molecular weight excluding hydrogens is 234 g/mol. The molecule has 96 valence electrons. The molecule has 18 heavy (non-hydrogen) atoms. The van der Waals surface area contributed by atoms with Crippen LogP contribution in [0.5, 0.6) is 11.5 Å². The topological polar surface area (TPSA) is 115 Å². The number of phenolic OH excluding ortho intramolecular Hbond substituents is 2. The Balaban J connectivity index is 1.82. The third-order valence-electron chi connectivity index (χ3n) is 2.46. The number of nitrogens with zero attached hydrogens (tertiary/aromatic N) is 2. The van der Waals surface area contributed by atoms with Crippen molar-refractivity contribution in [3.05, 3.63) is 23.8 Å². The van der Waals surface area contributed by atoms with Gasteiger partial charge in [0.2, 0.25) is 0 Å². The van der Waals surface area contributed by atoms with Gasteiger partial charge in [0, 0.05) is 6.54 Å². The van der Waals surface area contributed by atoms with Gasteiger partial charge in [0.25, 0.3) is 0 Å². The lowest BCUT2D eigenvalue weighted by atomic mass is 10.1. The van der Waals surface area contributed by atoms with Crippen molar-refractivity contribution in [1.82, 2.24) is 10.6 Å². The highest BCUT2D eigenvalue weighted by atomic mass is 16.3. The van der Waals surface area contributed by atoms with E-state index in [2.05, 4.69) is 20.6 Å². The number of hydrogen-bond acceptors (Lipinski definition) is 7. The summed E-state index contributed by atoms with van der Waals surface area (Å²) in [6.07, 6.45) is 0.686. The summed E-state index contributed by atoms with van der Waals surface area (Å²) in [5.74, 6) is 0.700. The average molecular weight is 249 g/mol. The Kier molecular flexibility index (Phi) is 3.52. The van der Waals surface area contributed by atoms with Crippen LogP contribution >= 0.6 is 0 Å². The average Bonchev–Trinajstić information content (AvgIpc) is 2.34. The van der Waals surface area contributed by atoms with Crippen LogP contribution in [0.15, 0.2) is 28.2 Å². The minimum Gasteiger partial charge on any atom is -0.504 e. The van der Waals surface area contributed by atoms with E-state index in [9.17, 15) is 10.2 Å². The fourth-order valence-corrected chi connectivity index (χ4v) is 1.53. The quantitative estimate of drug-likeness (QED) is 0.461. The lowest BCUT2D eigenvalue weighted by Crippen LogP contribution is -2.47. The van der Waals surface area contributed by atoms with Gasteiger partial charge in [-0.2, -0.15) is 0 Å². The molecule has 0 unspecified atom stereocenters. The van der Waals surface area contributed by atoms with Crippen molar-refractivity contribution in [1.29, 1.82) is 0 Å². The third kappa shape index (κ3) is 3.03. The van der Waals surface area contributed by atoms with Gasteiger partial charge in [0.15, 0.2) is 23.4 Å². The monoisotopic (exact) mass is 249 g/mol. The van der Waals surface area contributed by atoms with Crippen molar-refractivity contribution >= 4 is 11.9 Å². The SMILES string of the molecule is NC1=NCN=C(NCCc2ccc(O)c(O)c2)N1. The van der Waals surface area contributed by atoms with Crippen LogP contribution in [0.4, 0.5) is 0 Å². The lowest BCUT2D eigenvalue weighted by molar-refractivity contribution is 0.403. The third-order valence-corrected chi connectivity index (χ3v) is 2.46. The van der Waals surface area contributed by atoms with E-state index in [4.69, 9.17) is 5.73 Å². The standard InChI is InChI=1S/C11H15N5O2/c12-10-14-6-15-11(16-10)13-4-3-7-1-2-8(17)9(18)5-7/h1-2,5,17-18H,3-4,6H2,(H4,12,13,14,15,16). The number of rotatable bonds is 3. The molecule has 2 rings (SSSR count). The van der Waals surface area contributed by atoms with Crippen molar-refractivity contribution < 1.29 is 10.2 Å². The number of nitrogens with two attached hydrogens (primary N) is 1. The van der Waals surface area contributed by atoms with Gasteiger partial charge in [-0.25, -0.2) is 9.98 Å². The second-order valence-corrected chi connectivity index (χ2v) is 3.82. The van der Waals surface area contributed by atoms with Crippen molar-refractivity contribution in [2.45, 2.75) is 6.42 Å². The second-order valence-electron chi connectivity index (χ2n) is 3.82. The van der Waals surface area contributed by atoms with Crippen LogP contribution in [0, 0.1) is 0 Å². The van der Waals surface area contributed by atoms with Crippen LogP contribution in [0.25, 0.3) is 0 Å². The van der Waals surface area contributed by atoms with E-state index in [1.54, 1.807) is 6.07 Å². The highest BCUT2D eigenvalue weighted by Crippen LogP contribution is 2.24. The van der Waals surface area contributed by atoms with Gasteiger partial charge >= 0.3 is 0 Å². The number of aliphatic imine (C=N–C) groups is 2. The molecule has 0 radical (unpaired) electrons. The molecule has 1 aliphatic heterocycles. The predicted octanol–water partition coefficient (Wildman–Crippen LogP) is -0.539. The van der Waals surface area contributed by atoms with E-state index >= 15 is 0 Å². The first-order chi connectivity index (χ1) is 8.65. The molecule has 0 spiro atoms. The fraction of sp³-hybridized carbons (Fsp3) is 0.273. The van der Waals surface area contributed by atoms with Crippen molar-refractivity contribution in [3.8, 4) is 11.5 Å². The molecule has 0 aliphatic carbocycles. The Hall–Kier alpha value is -2.44. The number of hydrogen-bond donors (Lipinski definition) is 5. The first-order valence-corrected chi connectivity index (χ1v) is 5.51. The molecule has 0 amide bonds. The lowest BCUT2D eigenvalue weighted by Gasteiger charge is -2.14. The van der Waals surface area contributed by atoms with E-state index in [1.807, 2.05) is 0 Å². The minimum atomic E-state index is -0.117. The normalized spacial score (nSPS) is 14.4. The van der Waals surface area contributed by atoms with Crippen LogP contribution in [0.3, 0.4) is 0 Å². The van der Waals surface area contributed by atoms with Gasteiger partial charge in [0.05, 0.1) is 0 Å². The Labute approximate surface area is 104 Å². The van der Waals surface area contributed by atoms with Gasteiger partial charge in [-0.1, -0.05) is 6.07 Å². The fourth-order valence-electron chi connectivity index (χ4n) is 1.53. The highest BCUT2D eigenvalue weighted by Gasteiger charge is 2.05. The summed E-state index contributed by atoms with van der Waals surface area (Å²) in [5.41, 5.74) is 6.41. The number of benzene rings is 1. The van der Waals surface area contributed by atoms with Crippen molar-refractivity contribution in [2.75, 3.05) is 13.2 Å². The zero-order chi connectivity index (χ0) is 13.0. The van der Waals surface area contributed by atoms with E-state index in [1.165, 1.54) is 12.1 Å². The highest BCUT2D eigenvalue weighted by molar-refractivity contribution is 5.98. The Morgan fingerprint density at radius 1 is 1.28 bits per heavy atom. The molecule has 0 fully saturated rings. The molecule has 0 atom stereocenters. The molecule has 1 aromatic carbocycles. The van der Waals surface area contributed by atoms with E-state index < -0.39 is 0 Å². The van der Waals surface area contributed by atoms with E-state index in [0.29, 0.717) is 31.6 Å². The zero-order valence-corrected chi connectivity index (χ0v) is 9.72. The molecule has 7 heteroatoms. The Bertz CT molecular complexity index is 498. The Morgan fingerprint density at radius 2 is 2.11 bits per heavy atom. The minimum absolute atomic E-state index is 0.114. The number of phenols is 2. The van der Waals surface area contributed by atoms with E-state index in [0.717, 1.165) is 5.56 Å². The zero-order valence-electron chi connectivity index (χ0n) is 9.72. The maximum Gasteiger partial charge on any atom is 0.200 e. The molecule has 1 heterocycles. The first-order valence-electron chi connectivity index (χ1n) is 5.51. The van der Waals surface area contributed by atoms with Gasteiger partial charge < -0.3 is 21.3 Å². The van der Waals surface area contributed by atoms with Crippen LogP contribution in [-0.2, 0) is 6.42 Å². The maximum absolute atomic E-state index is 9.34. The van der Waals surface area contributed by atoms with E-state index in [-0.39, 0.29) is 11.5 Å². The molecule has 6 N–H and O–H groups in total. The molecular formula is C11H15N5O2. The summed E-state index contributed by atoms with van der Waals surface area (Å²) < 4.78 is 0. The van der Waals surface area contributed by atoms with Crippen LogP contribution in [0.1, 0.15) is 5.56 Å². The van der Waals surface area contributed by atoms with Crippen molar-refractivity contribution in [3.63, 3.8) is 0 Å². The molecule has 0 saturated heterocycles. The molecule has 0 saturated carbocycles. The largest absolute Gasteiger partial charge is 0.504 e. The van der Waals surface area contributed by atoms with Crippen LogP contribution in [-0.4, -0.2) is 35.3 Å². The number of nitrogens with one attached hydrogen (secondary N) is 2. The number of aromatic hydroxyl groups is 2. The maximum atomic E-state index is 9.34. The van der Waals surface area contributed by atoms with Crippen molar-refractivity contribution in [2.24, 2.45) is 15.7 Å². The summed E-state index contributed by atoms with van der Waals surface area (Å²) in [6, 6.07) is 4.75. The second kappa shape index (κ2) is 5.26. The molecule has 1 aromatic rings. The summed E-state index contributed by atoms with van der Waals surface area (Å²) in [4.78, 5) is 7.94. The molecule has 0 aromatic heterocycles. The summed E-state index contributed by atoms with van der Waals surface area (Å²) in [6.45, 7) is 0.949. The Morgan fingerprint density at radius 3 is 2.83 bits per heavy atom. The van der Waals surface area contributed by atoms with Crippen LogP contribution < -0.4 is 16.4 Å². The van der Waals surface area contributed by atoms with Gasteiger partial charge in [-0.05, 0) is 24.1 Å². The molecule has 0 bridgehead atoms. The summed E-state index contributed by atoms with van der Waals surface area (Å²) in [7, 11) is 0.